The summed E-state index contributed by atoms with van der Waals surface area (Å²) in [5.74, 6) is 0.0536. The Labute approximate surface area is 141 Å². The van der Waals surface area contributed by atoms with Gasteiger partial charge < -0.3 is 14.6 Å². The molecule has 2 amide bonds. The van der Waals surface area contributed by atoms with E-state index in [2.05, 4.69) is 5.32 Å². The Morgan fingerprint density at radius 2 is 1.75 bits per heavy atom. The van der Waals surface area contributed by atoms with Crippen molar-refractivity contribution in [3.8, 4) is 0 Å². The van der Waals surface area contributed by atoms with Gasteiger partial charge in [0.15, 0.2) is 0 Å². The molecule has 0 radical (unpaired) electrons. The summed E-state index contributed by atoms with van der Waals surface area (Å²) in [6, 6.07) is 12.3. The smallest absolute Gasteiger partial charge is 0.270 e. The van der Waals surface area contributed by atoms with Crippen molar-refractivity contribution in [1.82, 2.24) is 10.2 Å². The van der Waals surface area contributed by atoms with Crippen molar-refractivity contribution in [3.63, 3.8) is 0 Å². The van der Waals surface area contributed by atoms with Gasteiger partial charge in [-0.2, -0.15) is 0 Å². The van der Waals surface area contributed by atoms with Crippen LogP contribution in [-0.2, 0) is 4.79 Å². The summed E-state index contributed by atoms with van der Waals surface area (Å²) in [6.45, 7) is 1.44. The summed E-state index contributed by atoms with van der Waals surface area (Å²) in [5.41, 5.74) is 0.745. The second kappa shape index (κ2) is 7.64. The number of nitrogens with one attached hydrogen (secondary N) is 1. The highest BCUT2D eigenvalue weighted by atomic mass is 16.3. The van der Waals surface area contributed by atoms with E-state index in [9.17, 15) is 9.59 Å². The van der Waals surface area contributed by atoms with E-state index in [4.69, 9.17) is 4.42 Å². The first-order valence-corrected chi connectivity index (χ1v) is 8.15. The Kier molecular flexibility index (Phi) is 5.11. The van der Waals surface area contributed by atoms with Crippen LogP contribution in [-0.4, -0.2) is 29.8 Å². The van der Waals surface area contributed by atoms with Gasteiger partial charge in [-0.15, -0.1) is 0 Å². The molecular weight excluding hydrogens is 304 g/mol. The number of carbonyl (C=O) groups excluding carboxylic acids is 2. The van der Waals surface area contributed by atoms with Gasteiger partial charge in [0.2, 0.25) is 0 Å². The highest BCUT2D eigenvalue weighted by Gasteiger charge is 2.22. The van der Waals surface area contributed by atoms with E-state index in [0.29, 0.717) is 11.3 Å². The minimum Gasteiger partial charge on any atom is -0.465 e. The molecule has 1 N–H and O–H groups in total. The zero-order valence-corrected chi connectivity index (χ0v) is 13.4. The molecule has 0 spiro atoms. The van der Waals surface area contributed by atoms with Crippen molar-refractivity contribution in [1.29, 1.82) is 0 Å². The van der Waals surface area contributed by atoms with Gasteiger partial charge >= 0.3 is 0 Å². The molecule has 1 aliphatic rings. The lowest BCUT2D eigenvalue weighted by atomic mass is 10.1. The highest BCUT2D eigenvalue weighted by Crippen LogP contribution is 2.14. The first kappa shape index (κ1) is 16.1. The van der Waals surface area contributed by atoms with Gasteiger partial charge in [-0.25, -0.2) is 0 Å². The molecular formula is C19H20N2O3. The van der Waals surface area contributed by atoms with Crippen molar-refractivity contribution in [2.75, 3.05) is 13.1 Å². The molecule has 2 heterocycles. The molecule has 1 saturated heterocycles. The summed E-state index contributed by atoms with van der Waals surface area (Å²) >= 11 is 0. The van der Waals surface area contributed by atoms with Crippen molar-refractivity contribution < 1.29 is 14.0 Å². The molecule has 1 aromatic carbocycles. The number of rotatable bonds is 4. The Hall–Kier alpha value is -2.82. The van der Waals surface area contributed by atoms with Gasteiger partial charge in [-0.3, -0.25) is 9.59 Å². The van der Waals surface area contributed by atoms with Crippen LogP contribution >= 0.6 is 0 Å². The fraction of sp³-hybridized carbons (Fsp3) is 0.263. The van der Waals surface area contributed by atoms with Crippen LogP contribution in [0.3, 0.4) is 0 Å². The van der Waals surface area contributed by atoms with Crippen molar-refractivity contribution in [2.24, 2.45) is 0 Å². The maximum absolute atomic E-state index is 12.8. The maximum atomic E-state index is 12.8. The summed E-state index contributed by atoms with van der Waals surface area (Å²) in [6.07, 6.45) is 6.24. The monoisotopic (exact) mass is 324 g/mol. The number of benzene rings is 1. The van der Waals surface area contributed by atoms with E-state index < -0.39 is 0 Å². The Bertz CT molecular complexity index is 714. The second-order valence-corrected chi connectivity index (χ2v) is 5.75. The highest BCUT2D eigenvalue weighted by molar-refractivity contribution is 6.05. The van der Waals surface area contributed by atoms with Crippen molar-refractivity contribution >= 4 is 17.9 Å². The molecule has 0 bridgehead atoms. The molecule has 3 rings (SSSR count). The maximum Gasteiger partial charge on any atom is 0.270 e. The predicted octanol–water partition coefficient (Wildman–Crippen LogP) is 3.06. The summed E-state index contributed by atoms with van der Waals surface area (Å²) < 4.78 is 5.29. The van der Waals surface area contributed by atoms with Crippen LogP contribution < -0.4 is 5.32 Å². The first-order chi connectivity index (χ1) is 11.7. The normalized spacial score (nSPS) is 15.2. The lowest BCUT2D eigenvalue weighted by Gasteiger charge is -2.27. The predicted molar refractivity (Wildman–Crippen MR) is 91.0 cm³/mol. The fourth-order valence-electron chi connectivity index (χ4n) is 2.72. The van der Waals surface area contributed by atoms with Crippen LogP contribution in [0.1, 0.15) is 35.4 Å². The quantitative estimate of drug-likeness (QED) is 0.879. The Morgan fingerprint density at radius 1 is 1.00 bits per heavy atom. The number of furan rings is 1. The summed E-state index contributed by atoms with van der Waals surface area (Å²) in [5, 5.41) is 2.74. The molecule has 5 heteroatoms. The molecule has 1 fully saturated rings. The van der Waals surface area contributed by atoms with Crippen LogP contribution in [0.25, 0.3) is 6.08 Å². The molecule has 0 unspecified atom stereocenters. The van der Waals surface area contributed by atoms with Crippen LogP contribution in [0.2, 0.25) is 0 Å². The van der Waals surface area contributed by atoms with E-state index in [1.54, 1.807) is 47.4 Å². The SMILES string of the molecule is O=C(N/C(=C\c1ccco1)C(=O)N1CCCCC1)c1ccccc1. The van der Waals surface area contributed by atoms with Gasteiger partial charge in [0, 0.05) is 24.7 Å². The number of hydrogen-bond acceptors (Lipinski definition) is 3. The van der Waals surface area contributed by atoms with Crippen LogP contribution in [0.4, 0.5) is 0 Å². The zero-order valence-electron chi connectivity index (χ0n) is 13.4. The average Bonchev–Trinajstić information content (AvgIpc) is 3.15. The molecule has 0 aliphatic carbocycles. The number of carbonyl (C=O) groups is 2. The third-order valence-electron chi connectivity index (χ3n) is 3.99. The third-order valence-corrected chi connectivity index (χ3v) is 3.99. The number of likely N-dealkylation sites (tertiary alicyclic amines) is 1. The van der Waals surface area contributed by atoms with E-state index in [-0.39, 0.29) is 17.5 Å². The van der Waals surface area contributed by atoms with Crippen LogP contribution in [0.15, 0.2) is 58.8 Å². The standard InChI is InChI=1S/C19H20N2O3/c22-18(15-8-3-1-4-9-15)20-17(14-16-10-7-13-24-16)19(23)21-11-5-2-6-12-21/h1,3-4,7-10,13-14H,2,5-6,11-12H2,(H,20,22)/b17-14-. The first-order valence-electron chi connectivity index (χ1n) is 8.15. The Balaban J connectivity index is 1.82. The third kappa shape index (κ3) is 3.93. The minimum atomic E-state index is -0.307. The molecule has 5 nitrogen and oxygen atoms in total. The van der Waals surface area contributed by atoms with Gasteiger partial charge in [0.05, 0.1) is 6.26 Å². The number of nitrogens with zero attached hydrogens (tertiary/aromatic N) is 1. The summed E-state index contributed by atoms with van der Waals surface area (Å²) in [4.78, 5) is 27.0. The van der Waals surface area contributed by atoms with Crippen LogP contribution in [0, 0.1) is 0 Å². The topological polar surface area (TPSA) is 62.6 Å². The van der Waals surface area contributed by atoms with Crippen LogP contribution in [0.5, 0.6) is 0 Å². The van der Waals surface area contributed by atoms with Gasteiger partial charge in [0.1, 0.15) is 11.5 Å². The second-order valence-electron chi connectivity index (χ2n) is 5.75. The fourth-order valence-corrected chi connectivity index (χ4v) is 2.72. The molecule has 124 valence electrons. The van der Waals surface area contributed by atoms with E-state index in [1.165, 1.54) is 6.26 Å². The van der Waals surface area contributed by atoms with E-state index in [0.717, 1.165) is 32.4 Å². The van der Waals surface area contributed by atoms with E-state index >= 15 is 0 Å². The zero-order chi connectivity index (χ0) is 16.8. The number of piperidine rings is 1. The number of hydrogen-bond donors (Lipinski definition) is 1. The molecule has 1 aliphatic heterocycles. The van der Waals surface area contributed by atoms with Gasteiger partial charge in [-0.05, 0) is 43.5 Å². The minimum absolute atomic E-state index is 0.171. The molecule has 0 atom stereocenters. The van der Waals surface area contributed by atoms with E-state index in [1.807, 2.05) is 6.07 Å². The molecule has 2 aromatic rings. The average molecular weight is 324 g/mol. The molecule has 24 heavy (non-hydrogen) atoms. The van der Waals surface area contributed by atoms with Gasteiger partial charge in [-0.1, -0.05) is 18.2 Å². The van der Waals surface area contributed by atoms with Crippen molar-refractivity contribution in [3.05, 3.63) is 65.7 Å². The van der Waals surface area contributed by atoms with Gasteiger partial charge in [0.25, 0.3) is 11.8 Å². The van der Waals surface area contributed by atoms with Crippen molar-refractivity contribution in [2.45, 2.75) is 19.3 Å². The Morgan fingerprint density at radius 3 is 2.42 bits per heavy atom. The molecule has 0 saturated carbocycles. The summed E-state index contributed by atoms with van der Waals surface area (Å²) in [7, 11) is 0. The molecule has 1 aromatic heterocycles. The lowest BCUT2D eigenvalue weighted by molar-refractivity contribution is -0.128. The largest absolute Gasteiger partial charge is 0.465 e. The number of amides is 2. The lowest BCUT2D eigenvalue weighted by Crippen LogP contribution is -2.41.